The third-order valence-electron chi connectivity index (χ3n) is 2.99. The van der Waals surface area contributed by atoms with Crippen LogP contribution in [0.25, 0.3) is 0 Å². The Bertz CT molecular complexity index is 784. The standard InChI is InChI=1S/C16H12Cl2N2OS/c1-9-5-10(2)20-16(13(9)7-19)22-8-15(21)12-4-3-11(17)6-14(12)18/h3-6H,8H2,1-2H3. The Morgan fingerprint density at radius 2 is 2.05 bits per heavy atom. The maximum Gasteiger partial charge on any atom is 0.174 e. The fraction of sp³-hybridized carbons (Fsp3) is 0.188. The van der Waals surface area contributed by atoms with E-state index >= 15 is 0 Å². The molecule has 2 rings (SSSR count). The minimum Gasteiger partial charge on any atom is -0.293 e. The van der Waals surface area contributed by atoms with Crippen LogP contribution in [0, 0.1) is 25.2 Å². The number of thioether (sulfide) groups is 1. The van der Waals surface area contributed by atoms with Gasteiger partial charge in [-0.15, -0.1) is 0 Å². The first-order valence-corrected chi connectivity index (χ1v) is 8.16. The molecule has 0 N–H and O–H groups in total. The molecule has 2 aromatic rings. The number of aryl methyl sites for hydroxylation is 2. The van der Waals surface area contributed by atoms with Crippen molar-refractivity contribution in [2.75, 3.05) is 5.75 Å². The van der Waals surface area contributed by atoms with Crippen LogP contribution in [0.1, 0.15) is 27.2 Å². The second kappa shape index (κ2) is 7.15. The number of nitriles is 1. The summed E-state index contributed by atoms with van der Waals surface area (Å²) in [4.78, 5) is 16.6. The number of aromatic nitrogens is 1. The van der Waals surface area contributed by atoms with Crippen molar-refractivity contribution in [1.29, 1.82) is 5.26 Å². The number of rotatable bonds is 4. The van der Waals surface area contributed by atoms with Crippen molar-refractivity contribution in [3.63, 3.8) is 0 Å². The summed E-state index contributed by atoms with van der Waals surface area (Å²) in [7, 11) is 0. The topological polar surface area (TPSA) is 53.8 Å². The van der Waals surface area contributed by atoms with Crippen molar-refractivity contribution in [2.45, 2.75) is 18.9 Å². The molecule has 6 heteroatoms. The normalized spacial score (nSPS) is 10.3. The number of carbonyl (C=O) groups excluding carboxylic acids is 1. The number of Topliss-reactive ketones (excluding diaryl/α,β-unsaturated/α-hetero) is 1. The smallest absolute Gasteiger partial charge is 0.174 e. The van der Waals surface area contributed by atoms with Crippen molar-refractivity contribution in [2.24, 2.45) is 0 Å². The molecule has 0 saturated carbocycles. The number of pyridine rings is 1. The highest BCUT2D eigenvalue weighted by atomic mass is 35.5. The molecular formula is C16H12Cl2N2OS. The number of benzene rings is 1. The first-order chi connectivity index (χ1) is 10.4. The van der Waals surface area contributed by atoms with E-state index in [4.69, 9.17) is 23.2 Å². The molecule has 0 amide bonds. The van der Waals surface area contributed by atoms with Gasteiger partial charge in [-0.25, -0.2) is 4.98 Å². The number of carbonyl (C=O) groups is 1. The third-order valence-corrected chi connectivity index (χ3v) is 4.52. The maximum absolute atomic E-state index is 12.3. The van der Waals surface area contributed by atoms with Gasteiger partial charge in [0, 0.05) is 16.3 Å². The predicted molar refractivity (Wildman–Crippen MR) is 89.9 cm³/mol. The Labute approximate surface area is 143 Å². The van der Waals surface area contributed by atoms with Crippen LogP contribution in [-0.2, 0) is 0 Å². The Morgan fingerprint density at radius 3 is 2.68 bits per heavy atom. The Kier molecular flexibility index (Phi) is 5.47. The van der Waals surface area contributed by atoms with E-state index in [-0.39, 0.29) is 11.5 Å². The third kappa shape index (κ3) is 3.80. The summed E-state index contributed by atoms with van der Waals surface area (Å²) in [5, 5.41) is 10.6. The van der Waals surface area contributed by atoms with Crippen molar-refractivity contribution >= 4 is 40.7 Å². The molecule has 0 aliphatic rings. The van der Waals surface area contributed by atoms with Gasteiger partial charge in [0.15, 0.2) is 5.78 Å². The van der Waals surface area contributed by atoms with Gasteiger partial charge in [0.1, 0.15) is 11.1 Å². The van der Waals surface area contributed by atoms with Gasteiger partial charge in [0.2, 0.25) is 0 Å². The van der Waals surface area contributed by atoms with Crippen LogP contribution in [0.15, 0.2) is 29.3 Å². The molecule has 1 aromatic heterocycles. The molecule has 0 fully saturated rings. The molecule has 112 valence electrons. The molecule has 0 aliphatic heterocycles. The summed E-state index contributed by atoms with van der Waals surface area (Å²) < 4.78 is 0. The second-order valence-electron chi connectivity index (χ2n) is 4.71. The number of nitrogens with zero attached hydrogens (tertiary/aromatic N) is 2. The van der Waals surface area contributed by atoms with Gasteiger partial charge in [-0.1, -0.05) is 35.0 Å². The number of halogens is 2. The Balaban J connectivity index is 2.20. The van der Waals surface area contributed by atoms with E-state index in [0.29, 0.717) is 26.2 Å². The van der Waals surface area contributed by atoms with Gasteiger partial charge >= 0.3 is 0 Å². The van der Waals surface area contributed by atoms with Crippen molar-refractivity contribution in [1.82, 2.24) is 4.98 Å². The predicted octanol–water partition coefficient (Wildman–Crippen LogP) is 4.85. The molecule has 1 heterocycles. The number of hydrogen-bond donors (Lipinski definition) is 0. The summed E-state index contributed by atoms with van der Waals surface area (Å²) >= 11 is 13.1. The SMILES string of the molecule is Cc1cc(C)c(C#N)c(SCC(=O)c2ccc(Cl)cc2Cl)n1. The van der Waals surface area contributed by atoms with Gasteiger partial charge in [0.05, 0.1) is 16.3 Å². The zero-order chi connectivity index (χ0) is 16.3. The lowest BCUT2D eigenvalue weighted by molar-refractivity contribution is 0.102. The molecule has 0 unspecified atom stereocenters. The quantitative estimate of drug-likeness (QED) is 0.584. The minimum atomic E-state index is -0.128. The summed E-state index contributed by atoms with van der Waals surface area (Å²) in [6, 6.07) is 8.75. The monoisotopic (exact) mass is 350 g/mol. The lowest BCUT2D eigenvalue weighted by Crippen LogP contribution is -2.04. The van der Waals surface area contributed by atoms with Crippen LogP contribution in [0.5, 0.6) is 0 Å². The largest absolute Gasteiger partial charge is 0.293 e. The van der Waals surface area contributed by atoms with Crippen LogP contribution < -0.4 is 0 Å². The number of ketones is 1. The molecule has 0 aliphatic carbocycles. The van der Waals surface area contributed by atoms with Gasteiger partial charge in [-0.2, -0.15) is 5.26 Å². The van der Waals surface area contributed by atoms with E-state index in [9.17, 15) is 10.1 Å². The van der Waals surface area contributed by atoms with Crippen LogP contribution in [0.3, 0.4) is 0 Å². The van der Waals surface area contributed by atoms with Gasteiger partial charge in [0.25, 0.3) is 0 Å². The van der Waals surface area contributed by atoms with Crippen LogP contribution >= 0.6 is 35.0 Å². The molecule has 0 spiro atoms. The summed E-state index contributed by atoms with van der Waals surface area (Å²) in [6.07, 6.45) is 0. The second-order valence-corrected chi connectivity index (χ2v) is 6.52. The average molecular weight is 351 g/mol. The lowest BCUT2D eigenvalue weighted by atomic mass is 10.1. The van der Waals surface area contributed by atoms with Crippen molar-refractivity contribution in [3.8, 4) is 6.07 Å². The Hall–Kier alpha value is -1.54. The van der Waals surface area contributed by atoms with Gasteiger partial charge < -0.3 is 0 Å². The molecule has 0 atom stereocenters. The van der Waals surface area contributed by atoms with Gasteiger partial charge in [-0.3, -0.25) is 4.79 Å². The molecule has 22 heavy (non-hydrogen) atoms. The minimum absolute atomic E-state index is 0.128. The Morgan fingerprint density at radius 1 is 1.32 bits per heavy atom. The zero-order valence-corrected chi connectivity index (χ0v) is 14.3. The molecule has 1 aromatic carbocycles. The highest BCUT2D eigenvalue weighted by Gasteiger charge is 2.14. The van der Waals surface area contributed by atoms with E-state index in [1.54, 1.807) is 12.1 Å². The molecule has 3 nitrogen and oxygen atoms in total. The summed E-state index contributed by atoms with van der Waals surface area (Å²) in [6.45, 7) is 3.71. The summed E-state index contributed by atoms with van der Waals surface area (Å²) in [5.41, 5.74) is 2.59. The lowest BCUT2D eigenvalue weighted by Gasteiger charge is -2.08. The van der Waals surface area contributed by atoms with Crippen LogP contribution in [0.2, 0.25) is 10.0 Å². The fourth-order valence-corrected chi connectivity index (χ4v) is 3.47. The summed E-state index contributed by atoms with van der Waals surface area (Å²) in [5.74, 6) is 0.0304. The highest BCUT2D eigenvalue weighted by molar-refractivity contribution is 8.00. The van der Waals surface area contributed by atoms with E-state index in [0.717, 1.165) is 11.3 Å². The highest BCUT2D eigenvalue weighted by Crippen LogP contribution is 2.27. The molecule has 0 radical (unpaired) electrons. The fourth-order valence-electron chi connectivity index (χ4n) is 1.97. The average Bonchev–Trinajstić information content (AvgIpc) is 2.44. The number of hydrogen-bond acceptors (Lipinski definition) is 4. The molecular weight excluding hydrogens is 339 g/mol. The molecule has 0 bridgehead atoms. The van der Waals surface area contributed by atoms with Crippen LogP contribution in [-0.4, -0.2) is 16.5 Å². The van der Waals surface area contributed by atoms with Crippen molar-refractivity contribution < 1.29 is 4.79 Å². The van der Waals surface area contributed by atoms with E-state index in [1.807, 2.05) is 19.9 Å². The first-order valence-electron chi connectivity index (χ1n) is 6.41. The van der Waals surface area contributed by atoms with Crippen LogP contribution in [0.4, 0.5) is 0 Å². The molecule has 0 saturated heterocycles. The first kappa shape index (κ1) is 16.8. The van der Waals surface area contributed by atoms with E-state index in [1.165, 1.54) is 17.8 Å². The van der Waals surface area contributed by atoms with E-state index < -0.39 is 0 Å². The van der Waals surface area contributed by atoms with Gasteiger partial charge in [-0.05, 0) is 43.7 Å². The zero-order valence-electron chi connectivity index (χ0n) is 12.0. The van der Waals surface area contributed by atoms with Crippen molar-refractivity contribution in [3.05, 3.63) is 56.7 Å². The van der Waals surface area contributed by atoms with E-state index in [2.05, 4.69) is 11.1 Å². The maximum atomic E-state index is 12.3.